The highest BCUT2D eigenvalue weighted by molar-refractivity contribution is 6.01. The van der Waals surface area contributed by atoms with Gasteiger partial charge >= 0.3 is 0 Å². The molecule has 0 aliphatic heterocycles. The van der Waals surface area contributed by atoms with Crippen molar-refractivity contribution in [1.82, 2.24) is 0 Å². The molecule has 4 aliphatic carbocycles. The number of ketones is 2. The van der Waals surface area contributed by atoms with Gasteiger partial charge in [0.2, 0.25) is 0 Å². The van der Waals surface area contributed by atoms with Crippen LogP contribution in [0.5, 0.6) is 0 Å². The zero-order chi connectivity index (χ0) is 20.7. The number of hydrogen-bond acceptors (Lipinski definition) is 3. The quantitative estimate of drug-likeness (QED) is 0.768. The normalized spacial score (nSPS) is 52.5. The van der Waals surface area contributed by atoms with Crippen LogP contribution in [0.25, 0.3) is 0 Å². The molecule has 0 bridgehead atoms. The molecule has 8 atom stereocenters. The molecule has 1 N–H and O–H groups in total. The minimum absolute atomic E-state index is 0.0754. The molecule has 3 nitrogen and oxygen atoms in total. The fourth-order valence-corrected chi connectivity index (χ4v) is 7.50. The molecule has 0 heterocycles. The summed E-state index contributed by atoms with van der Waals surface area (Å²) in [5, 5.41) is 11.2. The second-order valence-electron chi connectivity index (χ2n) is 10.2. The summed E-state index contributed by atoms with van der Waals surface area (Å²) in [7, 11) is 0. The molecule has 4 aliphatic rings. The van der Waals surface area contributed by atoms with E-state index in [4.69, 9.17) is 0 Å². The second kappa shape index (κ2) is 5.84. The molecule has 28 heavy (non-hydrogen) atoms. The number of carbonyl (C=O) groups is 2. The van der Waals surface area contributed by atoms with Crippen LogP contribution in [0.4, 0.5) is 8.78 Å². The number of aliphatic hydroxyl groups excluding tert-OH is 1. The van der Waals surface area contributed by atoms with Gasteiger partial charge in [-0.2, -0.15) is 0 Å². The van der Waals surface area contributed by atoms with E-state index < -0.39 is 46.4 Å². The number of Topliss-reactive ketones (excluding diaryl/α,β-unsaturated/α-hetero) is 1. The Morgan fingerprint density at radius 1 is 1.29 bits per heavy atom. The van der Waals surface area contributed by atoms with E-state index in [0.717, 1.165) is 5.57 Å². The van der Waals surface area contributed by atoms with Gasteiger partial charge < -0.3 is 5.11 Å². The second-order valence-corrected chi connectivity index (χ2v) is 10.2. The lowest BCUT2D eigenvalue weighted by Crippen LogP contribution is -2.67. The van der Waals surface area contributed by atoms with Crippen LogP contribution >= 0.6 is 0 Å². The highest BCUT2D eigenvalue weighted by Gasteiger charge is 2.74. The highest BCUT2D eigenvalue weighted by Crippen LogP contribution is 2.72. The Morgan fingerprint density at radius 3 is 2.61 bits per heavy atom. The summed E-state index contributed by atoms with van der Waals surface area (Å²) in [6, 6.07) is 0. The average molecular weight is 392 g/mol. The summed E-state index contributed by atoms with van der Waals surface area (Å²) in [5.41, 5.74) is -3.75. The van der Waals surface area contributed by atoms with Gasteiger partial charge in [0.1, 0.15) is 6.67 Å². The number of carbonyl (C=O) groups excluding carboxylic acids is 2. The molecule has 5 heteroatoms. The van der Waals surface area contributed by atoms with Crippen molar-refractivity contribution < 1.29 is 23.5 Å². The SMILES string of the molecule is C[C@@H]1C[C@H]2[C@@H]3CCC4=CC(=O)C=C[C@]4(C)[C@@]3(F)[C@@H](O)C[C@]2(C)[C@@]1(C)C(=O)CF. The first-order chi connectivity index (χ1) is 13.0. The Kier molecular flexibility index (Phi) is 4.16. The maximum absolute atomic E-state index is 16.9. The molecule has 0 aromatic heterocycles. The molecule has 0 amide bonds. The van der Waals surface area contributed by atoms with Crippen LogP contribution in [-0.4, -0.2) is 35.1 Å². The lowest BCUT2D eigenvalue weighted by molar-refractivity contribution is -0.205. The van der Waals surface area contributed by atoms with Crippen molar-refractivity contribution >= 4 is 11.6 Å². The molecule has 0 radical (unpaired) electrons. The summed E-state index contributed by atoms with van der Waals surface area (Å²) < 4.78 is 30.4. The van der Waals surface area contributed by atoms with E-state index in [9.17, 15) is 19.1 Å². The lowest BCUT2D eigenvalue weighted by Gasteiger charge is -2.63. The van der Waals surface area contributed by atoms with Crippen LogP contribution in [-0.2, 0) is 9.59 Å². The zero-order valence-corrected chi connectivity index (χ0v) is 17.1. The van der Waals surface area contributed by atoms with Crippen LogP contribution in [0.15, 0.2) is 23.8 Å². The third-order valence-electron chi connectivity index (χ3n) is 9.51. The van der Waals surface area contributed by atoms with Crippen molar-refractivity contribution in [2.24, 2.45) is 34.0 Å². The molecular formula is C23H30F2O3. The molecule has 3 saturated carbocycles. The van der Waals surface area contributed by atoms with Crippen molar-refractivity contribution in [1.29, 1.82) is 0 Å². The van der Waals surface area contributed by atoms with Crippen molar-refractivity contribution in [2.45, 2.75) is 65.2 Å². The van der Waals surface area contributed by atoms with Gasteiger partial charge in [-0.25, -0.2) is 8.78 Å². The molecule has 0 aromatic carbocycles. The van der Waals surface area contributed by atoms with Gasteiger partial charge in [-0.15, -0.1) is 0 Å². The Bertz CT molecular complexity index is 804. The summed E-state index contributed by atoms with van der Waals surface area (Å²) in [5.74, 6) is -1.19. The van der Waals surface area contributed by atoms with Gasteiger partial charge in [0.05, 0.1) is 6.10 Å². The Morgan fingerprint density at radius 2 is 1.96 bits per heavy atom. The van der Waals surface area contributed by atoms with Gasteiger partial charge in [-0.3, -0.25) is 9.59 Å². The lowest BCUT2D eigenvalue weighted by atomic mass is 9.43. The van der Waals surface area contributed by atoms with Gasteiger partial charge in [-0.1, -0.05) is 32.4 Å². The smallest absolute Gasteiger partial charge is 0.178 e. The number of aliphatic hydroxyl groups is 1. The van der Waals surface area contributed by atoms with Crippen LogP contribution in [0.2, 0.25) is 0 Å². The zero-order valence-electron chi connectivity index (χ0n) is 17.1. The van der Waals surface area contributed by atoms with Crippen molar-refractivity contribution in [3.05, 3.63) is 23.8 Å². The van der Waals surface area contributed by atoms with Crippen LogP contribution in [0.1, 0.15) is 53.4 Å². The molecule has 0 saturated heterocycles. The summed E-state index contributed by atoms with van der Waals surface area (Å²) in [6.45, 7) is 6.47. The molecule has 0 unspecified atom stereocenters. The maximum Gasteiger partial charge on any atom is 0.178 e. The summed E-state index contributed by atoms with van der Waals surface area (Å²) in [4.78, 5) is 24.5. The van der Waals surface area contributed by atoms with E-state index in [2.05, 4.69) is 0 Å². The largest absolute Gasteiger partial charge is 0.390 e. The Labute approximate surface area is 165 Å². The fourth-order valence-electron chi connectivity index (χ4n) is 7.50. The number of alkyl halides is 2. The molecule has 4 rings (SSSR count). The van der Waals surface area contributed by atoms with E-state index in [0.29, 0.717) is 19.3 Å². The predicted molar refractivity (Wildman–Crippen MR) is 102 cm³/mol. The topological polar surface area (TPSA) is 54.4 Å². The van der Waals surface area contributed by atoms with E-state index in [1.807, 2.05) is 20.8 Å². The van der Waals surface area contributed by atoms with E-state index >= 15 is 4.39 Å². The number of fused-ring (bicyclic) bond motifs is 5. The first-order valence-corrected chi connectivity index (χ1v) is 10.4. The van der Waals surface area contributed by atoms with Gasteiger partial charge in [-0.05, 0) is 62.0 Å². The number of halogens is 2. The van der Waals surface area contributed by atoms with Crippen molar-refractivity contribution in [2.75, 3.05) is 6.67 Å². The molecule has 0 spiro atoms. The number of allylic oxidation sites excluding steroid dienone is 4. The monoisotopic (exact) mass is 392 g/mol. The molecule has 0 aromatic rings. The van der Waals surface area contributed by atoms with Gasteiger partial charge in [0.25, 0.3) is 0 Å². The molecule has 154 valence electrons. The summed E-state index contributed by atoms with van der Waals surface area (Å²) >= 11 is 0. The minimum Gasteiger partial charge on any atom is -0.390 e. The average Bonchev–Trinajstić information content (AvgIpc) is 2.84. The minimum atomic E-state index is -1.90. The molecular weight excluding hydrogens is 362 g/mol. The Hall–Kier alpha value is -1.36. The van der Waals surface area contributed by atoms with Gasteiger partial charge in [0.15, 0.2) is 17.2 Å². The third-order valence-corrected chi connectivity index (χ3v) is 9.51. The maximum atomic E-state index is 16.9. The number of hydrogen-bond donors (Lipinski definition) is 1. The van der Waals surface area contributed by atoms with E-state index in [1.54, 1.807) is 13.0 Å². The van der Waals surface area contributed by atoms with E-state index in [-0.39, 0.29) is 24.0 Å². The van der Waals surface area contributed by atoms with Crippen molar-refractivity contribution in [3.8, 4) is 0 Å². The Balaban J connectivity index is 1.84. The summed E-state index contributed by atoms with van der Waals surface area (Å²) in [6.07, 6.45) is 5.19. The standard InChI is InChI=1S/C23H30F2O3/c1-13-9-17-16-6-5-14-10-15(26)7-8-20(14,2)23(16,25)18(27)11-21(17,3)22(13,4)19(28)12-24/h7-8,10,13,16-18,27H,5-6,9,11-12H2,1-4H3/t13-,16+,17+,18+,20+,21+,22-,23+/m1/s1. The first kappa shape index (κ1) is 19.9. The predicted octanol–water partition coefficient (Wildman–Crippen LogP) is 4.15. The van der Waals surface area contributed by atoms with Crippen LogP contribution in [0, 0.1) is 34.0 Å². The fraction of sp³-hybridized carbons (Fsp3) is 0.739. The third kappa shape index (κ3) is 2.02. The van der Waals surface area contributed by atoms with Crippen LogP contribution < -0.4 is 0 Å². The molecule has 3 fully saturated rings. The van der Waals surface area contributed by atoms with Crippen LogP contribution in [0.3, 0.4) is 0 Å². The van der Waals surface area contributed by atoms with Gasteiger partial charge in [0, 0.05) is 16.7 Å². The van der Waals surface area contributed by atoms with Crippen molar-refractivity contribution in [3.63, 3.8) is 0 Å². The highest BCUT2D eigenvalue weighted by atomic mass is 19.1. The first-order valence-electron chi connectivity index (χ1n) is 10.4. The number of rotatable bonds is 2. The van der Waals surface area contributed by atoms with E-state index in [1.165, 1.54) is 12.2 Å².